The van der Waals surface area contributed by atoms with E-state index >= 15 is 0 Å². The first kappa shape index (κ1) is 16.0. The summed E-state index contributed by atoms with van der Waals surface area (Å²) in [5.41, 5.74) is 6.34. The standard InChI is InChI=1S/C16H16F2N2O2S/c17-12-2-1-9(6-13(12)18)15-14(3-4-22-15)20-7-11-5-10(8-23-11)16(19)21/h1-2,5-6,8,14-15,20H,3-4,7H2,(H2,19,21)/t14-,15+/m0/s1. The zero-order valence-electron chi connectivity index (χ0n) is 12.2. The third-order valence-electron chi connectivity index (χ3n) is 3.84. The van der Waals surface area contributed by atoms with Crippen molar-refractivity contribution < 1.29 is 18.3 Å². The molecule has 1 fully saturated rings. The number of ether oxygens (including phenoxy) is 1. The van der Waals surface area contributed by atoms with Crippen molar-refractivity contribution >= 4 is 17.2 Å². The number of rotatable bonds is 5. The van der Waals surface area contributed by atoms with E-state index < -0.39 is 17.5 Å². The number of nitrogens with two attached hydrogens (primary N) is 1. The molecule has 3 N–H and O–H groups in total. The van der Waals surface area contributed by atoms with Crippen molar-refractivity contribution in [2.24, 2.45) is 5.73 Å². The Morgan fingerprint density at radius 3 is 2.87 bits per heavy atom. The molecule has 4 nitrogen and oxygen atoms in total. The molecule has 122 valence electrons. The second-order valence-corrected chi connectivity index (χ2v) is 6.40. The second kappa shape index (κ2) is 6.74. The van der Waals surface area contributed by atoms with Gasteiger partial charge in [-0.05, 0) is 30.2 Å². The van der Waals surface area contributed by atoms with Gasteiger partial charge in [0.2, 0.25) is 5.91 Å². The van der Waals surface area contributed by atoms with Gasteiger partial charge in [0.05, 0.1) is 11.7 Å². The van der Waals surface area contributed by atoms with Crippen LogP contribution in [-0.4, -0.2) is 18.6 Å². The first-order chi connectivity index (χ1) is 11.0. The molecule has 2 aromatic rings. The van der Waals surface area contributed by atoms with Gasteiger partial charge in [-0.1, -0.05) is 6.07 Å². The highest BCUT2D eigenvalue weighted by molar-refractivity contribution is 7.10. The van der Waals surface area contributed by atoms with Crippen LogP contribution in [0.25, 0.3) is 0 Å². The second-order valence-electron chi connectivity index (χ2n) is 5.41. The van der Waals surface area contributed by atoms with Gasteiger partial charge in [-0.15, -0.1) is 11.3 Å². The molecule has 1 amide bonds. The summed E-state index contributed by atoms with van der Waals surface area (Å²) in [6.07, 6.45) is 0.457. The van der Waals surface area contributed by atoms with E-state index in [9.17, 15) is 13.6 Å². The quantitative estimate of drug-likeness (QED) is 0.881. The topological polar surface area (TPSA) is 64.4 Å². The zero-order chi connectivity index (χ0) is 16.4. The van der Waals surface area contributed by atoms with Crippen LogP contribution < -0.4 is 11.1 Å². The van der Waals surface area contributed by atoms with E-state index in [-0.39, 0.29) is 12.1 Å². The van der Waals surface area contributed by atoms with Gasteiger partial charge in [0.15, 0.2) is 11.6 Å². The summed E-state index contributed by atoms with van der Waals surface area (Å²) in [6.45, 7) is 1.12. The van der Waals surface area contributed by atoms with Crippen molar-refractivity contribution in [1.29, 1.82) is 0 Å². The number of hydrogen-bond acceptors (Lipinski definition) is 4. The molecule has 0 radical (unpaired) electrons. The fraction of sp³-hybridized carbons (Fsp3) is 0.312. The van der Waals surface area contributed by atoms with Crippen LogP contribution in [0.3, 0.4) is 0 Å². The molecule has 1 saturated heterocycles. The van der Waals surface area contributed by atoms with Crippen LogP contribution in [0, 0.1) is 11.6 Å². The number of carbonyl (C=O) groups is 1. The highest BCUT2D eigenvalue weighted by atomic mass is 32.1. The van der Waals surface area contributed by atoms with Gasteiger partial charge in [-0.25, -0.2) is 8.78 Å². The Kier molecular flexibility index (Phi) is 4.70. The Labute approximate surface area is 136 Å². The normalized spacial score (nSPS) is 20.8. The first-order valence-electron chi connectivity index (χ1n) is 7.22. The van der Waals surface area contributed by atoms with Crippen LogP contribution in [0.2, 0.25) is 0 Å². The van der Waals surface area contributed by atoms with Crippen molar-refractivity contribution in [1.82, 2.24) is 5.32 Å². The maximum Gasteiger partial charge on any atom is 0.249 e. The number of thiophene rings is 1. The van der Waals surface area contributed by atoms with E-state index in [2.05, 4.69) is 5.32 Å². The number of nitrogens with one attached hydrogen (secondary N) is 1. The van der Waals surface area contributed by atoms with E-state index in [1.807, 2.05) is 0 Å². The molecule has 0 spiro atoms. The molecule has 0 unspecified atom stereocenters. The molecule has 23 heavy (non-hydrogen) atoms. The molecule has 3 rings (SSSR count). The Morgan fingerprint density at radius 2 is 2.17 bits per heavy atom. The average molecular weight is 338 g/mol. The lowest BCUT2D eigenvalue weighted by molar-refractivity contribution is 0.0981. The van der Waals surface area contributed by atoms with Gasteiger partial charge in [0.25, 0.3) is 0 Å². The molecular weight excluding hydrogens is 322 g/mol. The van der Waals surface area contributed by atoms with Crippen LogP contribution in [0.1, 0.15) is 33.3 Å². The predicted molar refractivity (Wildman–Crippen MR) is 83.1 cm³/mol. The van der Waals surface area contributed by atoms with Crippen molar-refractivity contribution in [3.05, 3.63) is 57.3 Å². The third kappa shape index (κ3) is 3.57. The minimum absolute atomic E-state index is 0.000936. The highest BCUT2D eigenvalue weighted by Gasteiger charge is 2.30. The maximum absolute atomic E-state index is 13.4. The number of benzene rings is 1. The number of primary amides is 1. The Balaban J connectivity index is 1.66. The molecule has 1 aliphatic rings. The van der Waals surface area contributed by atoms with E-state index in [1.165, 1.54) is 17.4 Å². The van der Waals surface area contributed by atoms with Gasteiger partial charge in [0.1, 0.15) is 0 Å². The van der Waals surface area contributed by atoms with Crippen LogP contribution in [0.5, 0.6) is 0 Å². The van der Waals surface area contributed by atoms with E-state index in [4.69, 9.17) is 10.5 Å². The van der Waals surface area contributed by atoms with Gasteiger partial charge < -0.3 is 15.8 Å². The minimum Gasteiger partial charge on any atom is -0.372 e. The summed E-state index contributed by atoms with van der Waals surface area (Å²) in [5, 5.41) is 5.07. The van der Waals surface area contributed by atoms with Gasteiger partial charge in [-0.3, -0.25) is 4.79 Å². The number of carbonyl (C=O) groups excluding carboxylic acids is 1. The van der Waals surface area contributed by atoms with Gasteiger partial charge in [0, 0.05) is 29.5 Å². The van der Waals surface area contributed by atoms with E-state index in [0.29, 0.717) is 24.3 Å². The molecule has 2 atom stereocenters. The molecule has 0 saturated carbocycles. The summed E-state index contributed by atoms with van der Waals surface area (Å²) in [5.74, 6) is -2.19. The van der Waals surface area contributed by atoms with Crippen LogP contribution in [0.15, 0.2) is 29.6 Å². The number of amides is 1. The lowest BCUT2D eigenvalue weighted by Gasteiger charge is -2.20. The predicted octanol–water partition coefficient (Wildman–Crippen LogP) is 2.75. The smallest absolute Gasteiger partial charge is 0.249 e. The zero-order valence-corrected chi connectivity index (χ0v) is 13.0. The third-order valence-corrected chi connectivity index (χ3v) is 4.78. The van der Waals surface area contributed by atoms with Crippen molar-refractivity contribution in [2.75, 3.05) is 6.61 Å². The first-order valence-corrected chi connectivity index (χ1v) is 8.09. The molecule has 1 aromatic heterocycles. The van der Waals surface area contributed by atoms with E-state index in [1.54, 1.807) is 17.5 Å². The molecule has 1 aromatic carbocycles. The molecule has 7 heteroatoms. The summed E-state index contributed by atoms with van der Waals surface area (Å²) in [6, 6.07) is 5.58. The lowest BCUT2D eigenvalue weighted by Crippen LogP contribution is -2.31. The minimum atomic E-state index is -0.874. The lowest BCUT2D eigenvalue weighted by atomic mass is 10.0. The van der Waals surface area contributed by atoms with Crippen LogP contribution in [-0.2, 0) is 11.3 Å². The fourth-order valence-corrected chi connectivity index (χ4v) is 3.47. The summed E-state index contributed by atoms with van der Waals surface area (Å²) in [7, 11) is 0. The highest BCUT2D eigenvalue weighted by Crippen LogP contribution is 2.30. The monoisotopic (exact) mass is 338 g/mol. The van der Waals surface area contributed by atoms with Crippen molar-refractivity contribution in [3.8, 4) is 0 Å². The fourth-order valence-electron chi connectivity index (χ4n) is 2.65. The van der Waals surface area contributed by atoms with Crippen LogP contribution >= 0.6 is 11.3 Å². The Morgan fingerprint density at radius 1 is 1.35 bits per heavy atom. The molecule has 1 aliphatic heterocycles. The Hall–Kier alpha value is -1.83. The maximum atomic E-state index is 13.4. The van der Waals surface area contributed by atoms with Gasteiger partial charge in [-0.2, -0.15) is 0 Å². The molecular formula is C16H16F2N2O2S. The number of hydrogen-bond donors (Lipinski definition) is 2. The molecule has 0 bridgehead atoms. The Bertz CT molecular complexity index is 720. The van der Waals surface area contributed by atoms with Crippen molar-refractivity contribution in [2.45, 2.75) is 25.1 Å². The molecule has 0 aliphatic carbocycles. The summed E-state index contributed by atoms with van der Waals surface area (Å²) in [4.78, 5) is 12.1. The summed E-state index contributed by atoms with van der Waals surface area (Å²) < 4.78 is 32.1. The van der Waals surface area contributed by atoms with Crippen LogP contribution in [0.4, 0.5) is 8.78 Å². The largest absolute Gasteiger partial charge is 0.372 e. The van der Waals surface area contributed by atoms with Gasteiger partial charge >= 0.3 is 0 Å². The average Bonchev–Trinajstić information content (AvgIpc) is 3.16. The van der Waals surface area contributed by atoms with E-state index in [0.717, 1.165) is 17.4 Å². The molecule has 2 heterocycles. The van der Waals surface area contributed by atoms with Crippen molar-refractivity contribution in [3.63, 3.8) is 0 Å². The SMILES string of the molecule is NC(=O)c1csc(CN[C@H]2CCO[C@@H]2c2ccc(F)c(F)c2)c1. The number of halogens is 2. The summed E-state index contributed by atoms with van der Waals surface area (Å²) >= 11 is 1.45.